The minimum absolute atomic E-state index is 0.0117. The van der Waals surface area contributed by atoms with E-state index in [-0.39, 0.29) is 11.3 Å². The van der Waals surface area contributed by atoms with Gasteiger partial charge in [-0.1, -0.05) is 200 Å². The Morgan fingerprint density at radius 1 is 0.262 bits per heavy atom. The summed E-state index contributed by atoms with van der Waals surface area (Å²) in [6.45, 7) is 0. The van der Waals surface area contributed by atoms with Crippen LogP contribution >= 0.6 is 0 Å². The van der Waals surface area contributed by atoms with Crippen LogP contribution in [0, 0.1) is 0 Å². The second kappa shape index (κ2) is 15.6. The summed E-state index contributed by atoms with van der Waals surface area (Å²) < 4.78 is 155. The predicted molar refractivity (Wildman–Crippen MR) is 261 cm³/mol. The lowest BCUT2D eigenvalue weighted by Crippen LogP contribution is -2.09. The lowest BCUT2D eigenvalue weighted by atomic mass is 9.93. The molecule has 11 aromatic rings. The van der Waals surface area contributed by atoms with Gasteiger partial charge in [0.25, 0.3) is 0 Å². The molecular formula is C60H41N. The van der Waals surface area contributed by atoms with Crippen LogP contribution in [-0.4, -0.2) is 0 Å². The second-order valence-electron chi connectivity index (χ2n) is 14.4. The molecule has 0 radical (unpaired) electrons. The maximum absolute atomic E-state index is 9.75. The first-order valence-corrected chi connectivity index (χ1v) is 19.6. The summed E-state index contributed by atoms with van der Waals surface area (Å²) in [5.41, 5.74) is 0.579. The van der Waals surface area contributed by atoms with Crippen LogP contribution in [0.15, 0.2) is 248 Å². The van der Waals surface area contributed by atoms with Gasteiger partial charge in [-0.15, -0.1) is 0 Å². The standard InChI is InChI=1S/C60H41N/c1-2-12-42(13-3-1)43-24-26-44(27-25-43)45-28-34-52(35-29-45)61(54-38-32-48(33-39-54)60-41-51-15-5-7-20-57(51)58-21-8-9-22-59(58)60)53-36-30-46(31-37-53)49-17-10-18-50(40-49)56-23-11-16-47-14-4-6-19-55(47)56/h1-41H/i1D,2D,3D,12D,13D,24D,25D,26D,27D,28D,29D,32D,33D,34D,35D,38D,39D. The summed E-state index contributed by atoms with van der Waals surface area (Å²) in [6, 6.07) is 33.0. The van der Waals surface area contributed by atoms with Gasteiger partial charge in [0, 0.05) is 17.1 Å². The fourth-order valence-corrected chi connectivity index (χ4v) is 7.81. The van der Waals surface area contributed by atoms with E-state index in [1.54, 1.807) is 24.3 Å². The summed E-state index contributed by atoms with van der Waals surface area (Å²) in [7, 11) is 0. The maximum atomic E-state index is 9.75. The minimum Gasteiger partial charge on any atom is -0.311 e. The average molecular weight is 793 g/mol. The number of hydrogen-bond acceptors (Lipinski definition) is 1. The topological polar surface area (TPSA) is 3.24 Å². The molecular weight excluding hydrogens is 735 g/mol. The van der Waals surface area contributed by atoms with Gasteiger partial charge in [0.2, 0.25) is 0 Å². The van der Waals surface area contributed by atoms with E-state index >= 15 is 0 Å². The molecule has 1 heteroatoms. The fourth-order valence-electron chi connectivity index (χ4n) is 7.81. The van der Waals surface area contributed by atoms with Crippen molar-refractivity contribution >= 4 is 49.4 Å². The third-order valence-electron chi connectivity index (χ3n) is 10.8. The van der Waals surface area contributed by atoms with Crippen LogP contribution in [0.3, 0.4) is 0 Å². The molecule has 0 bridgehead atoms. The molecule has 0 aliphatic heterocycles. The quantitative estimate of drug-likeness (QED) is 0.139. The number of anilines is 3. The molecule has 11 rings (SSSR count). The van der Waals surface area contributed by atoms with Crippen molar-refractivity contribution in [1.29, 1.82) is 0 Å². The number of hydrogen-bond donors (Lipinski definition) is 0. The lowest BCUT2D eigenvalue weighted by molar-refractivity contribution is 1.28. The van der Waals surface area contributed by atoms with Gasteiger partial charge in [0.05, 0.1) is 23.3 Å². The zero-order valence-electron chi connectivity index (χ0n) is 49.3. The summed E-state index contributed by atoms with van der Waals surface area (Å²) in [5.74, 6) is 0. The number of nitrogens with zero attached hydrogens (tertiary/aromatic N) is 1. The number of fused-ring (bicyclic) bond motifs is 4. The highest BCUT2D eigenvalue weighted by Gasteiger charge is 2.16. The Balaban J connectivity index is 1.12. The van der Waals surface area contributed by atoms with E-state index in [4.69, 9.17) is 12.3 Å². The van der Waals surface area contributed by atoms with Gasteiger partial charge in [-0.2, -0.15) is 0 Å². The predicted octanol–water partition coefficient (Wildman–Crippen LogP) is 17.0. The normalized spacial score (nSPS) is 15.2. The fraction of sp³-hybridized carbons (Fsp3) is 0. The Hall–Kier alpha value is -8.00. The van der Waals surface area contributed by atoms with E-state index in [1.807, 2.05) is 115 Å². The van der Waals surface area contributed by atoms with Gasteiger partial charge in [-0.3, -0.25) is 0 Å². The van der Waals surface area contributed by atoms with Crippen LogP contribution in [0.5, 0.6) is 0 Å². The van der Waals surface area contributed by atoms with Crippen molar-refractivity contribution in [1.82, 2.24) is 0 Å². The molecule has 0 aromatic heterocycles. The molecule has 0 amide bonds. The highest BCUT2D eigenvalue weighted by atomic mass is 15.1. The smallest absolute Gasteiger partial charge is 0.0645 e. The monoisotopic (exact) mass is 792 g/mol. The first-order valence-electron chi connectivity index (χ1n) is 28.1. The van der Waals surface area contributed by atoms with Crippen LogP contribution in [-0.2, 0) is 0 Å². The first-order chi connectivity index (χ1) is 37.3. The SMILES string of the molecule is [2H]c1c([2H])c([2H])c(-c2c([2H])c([2H])c(-c3c([2H])c([2H])c(N(c4ccc(-c5cccc(-c6cccc7ccccc67)c5)cc4)c4c([2H])c([2H])c(-c5cc6ccccc6c6ccccc56)c([2H])c4[2H])c([2H])c3[2H])c([2H])c2[2H])c([2H])c1[2H]. The van der Waals surface area contributed by atoms with Crippen molar-refractivity contribution in [2.75, 3.05) is 4.90 Å². The Kier molecular flexibility index (Phi) is 5.74. The molecule has 286 valence electrons. The first kappa shape index (κ1) is 22.4. The molecule has 0 atom stereocenters. The van der Waals surface area contributed by atoms with E-state index in [1.165, 1.54) is 0 Å². The molecule has 0 saturated carbocycles. The average Bonchev–Trinajstić information content (AvgIpc) is 3.50. The zero-order chi connectivity index (χ0) is 55.3. The summed E-state index contributed by atoms with van der Waals surface area (Å²) >= 11 is 0. The van der Waals surface area contributed by atoms with Crippen molar-refractivity contribution in [3.8, 4) is 55.6 Å². The van der Waals surface area contributed by atoms with Crippen molar-refractivity contribution in [3.63, 3.8) is 0 Å². The maximum Gasteiger partial charge on any atom is 0.0645 e. The van der Waals surface area contributed by atoms with Crippen LogP contribution in [0.1, 0.15) is 23.3 Å². The van der Waals surface area contributed by atoms with Crippen molar-refractivity contribution in [3.05, 3.63) is 248 Å². The molecule has 0 aliphatic rings. The Morgan fingerprint density at radius 2 is 0.770 bits per heavy atom. The molecule has 61 heavy (non-hydrogen) atoms. The Morgan fingerprint density at radius 3 is 1.46 bits per heavy atom. The summed E-state index contributed by atoms with van der Waals surface area (Å²) in [4.78, 5) is 1.14. The summed E-state index contributed by atoms with van der Waals surface area (Å²) in [6.07, 6.45) is 0. The Labute approximate surface area is 381 Å². The Bertz CT molecular complexity index is 4240. The highest BCUT2D eigenvalue weighted by Crippen LogP contribution is 2.40. The van der Waals surface area contributed by atoms with Crippen molar-refractivity contribution in [2.24, 2.45) is 0 Å². The lowest BCUT2D eigenvalue weighted by Gasteiger charge is -2.26. The van der Waals surface area contributed by atoms with Crippen molar-refractivity contribution in [2.45, 2.75) is 0 Å². The molecule has 1 nitrogen and oxygen atoms in total. The van der Waals surface area contributed by atoms with Crippen LogP contribution < -0.4 is 4.90 Å². The molecule has 0 aliphatic carbocycles. The molecule has 0 N–H and O–H groups in total. The van der Waals surface area contributed by atoms with Gasteiger partial charge in [0.15, 0.2) is 0 Å². The molecule has 0 saturated heterocycles. The van der Waals surface area contributed by atoms with E-state index < -0.39 is 136 Å². The molecule has 0 spiro atoms. The van der Waals surface area contributed by atoms with Crippen LogP contribution in [0.4, 0.5) is 17.1 Å². The third-order valence-corrected chi connectivity index (χ3v) is 10.8. The van der Waals surface area contributed by atoms with Gasteiger partial charge in [-0.25, -0.2) is 0 Å². The van der Waals surface area contributed by atoms with Gasteiger partial charge in [-0.05, 0) is 136 Å². The molecule has 0 fully saturated rings. The largest absolute Gasteiger partial charge is 0.311 e. The van der Waals surface area contributed by atoms with E-state index in [9.17, 15) is 11.0 Å². The van der Waals surface area contributed by atoms with Gasteiger partial charge < -0.3 is 4.90 Å². The van der Waals surface area contributed by atoms with Crippen LogP contribution in [0.25, 0.3) is 88.0 Å². The third kappa shape index (κ3) is 6.93. The van der Waals surface area contributed by atoms with Gasteiger partial charge >= 0.3 is 0 Å². The minimum atomic E-state index is -0.875. The highest BCUT2D eigenvalue weighted by molar-refractivity contribution is 6.13. The molecule has 11 aromatic carbocycles. The van der Waals surface area contributed by atoms with Crippen molar-refractivity contribution < 1.29 is 23.3 Å². The number of benzene rings is 11. The van der Waals surface area contributed by atoms with E-state index in [2.05, 4.69) is 6.07 Å². The number of rotatable bonds is 8. The van der Waals surface area contributed by atoms with Crippen LogP contribution in [0.2, 0.25) is 0 Å². The summed E-state index contributed by atoms with van der Waals surface area (Å²) in [5, 5.41) is 5.36. The molecule has 0 heterocycles. The second-order valence-corrected chi connectivity index (χ2v) is 14.4. The zero-order valence-corrected chi connectivity index (χ0v) is 32.3. The molecule has 0 unspecified atom stereocenters. The van der Waals surface area contributed by atoms with E-state index in [0.717, 1.165) is 54.1 Å². The van der Waals surface area contributed by atoms with E-state index in [0.29, 0.717) is 10.9 Å². The van der Waals surface area contributed by atoms with Gasteiger partial charge in [0.1, 0.15) is 0 Å².